The quantitative estimate of drug-likeness (QED) is 0.161. The van der Waals surface area contributed by atoms with Gasteiger partial charge in [-0.05, 0) is 43.2 Å². The number of methoxy groups -OCH3 is 1. The van der Waals surface area contributed by atoms with E-state index in [0.29, 0.717) is 28.8 Å². The van der Waals surface area contributed by atoms with E-state index in [1.165, 1.54) is 21.0 Å². The van der Waals surface area contributed by atoms with Gasteiger partial charge < -0.3 is 29.7 Å². The third-order valence-corrected chi connectivity index (χ3v) is 6.98. The van der Waals surface area contributed by atoms with Crippen LogP contribution < -0.4 is 15.4 Å². The lowest BCUT2D eigenvalue weighted by atomic mass is 10.00. The Kier molecular flexibility index (Phi) is 12.3. The number of rotatable bonds is 14. The van der Waals surface area contributed by atoms with E-state index < -0.39 is 89.6 Å². The topological polar surface area (TPSA) is 187 Å². The maximum atomic E-state index is 13.5. The van der Waals surface area contributed by atoms with Gasteiger partial charge in [0.1, 0.15) is 17.8 Å². The van der Waals surface area contributed by atoms with Crippen molar-refractivity contribution in [1.82, 2.24) is 20.8 Å². The SMILES string of the molecule is COc1ccc(-c2nc(C)no2)cc1CC(=O)N[C@H](C(=O)N[C@@H](CC(=O)O)C(=O)COC(=O)c1c(C(F)(F)F)cccc1C(F)(F)F)C(C)C. The molecule has 2 aromatic carbocycles. The standard InChI is InChI=1S/C31H30F6N4O9/c1-14(2)26(40-23(43)11-17-10-16(8-9-22(17)48-4)28-38-15(3)41-50-28)27(46)39-20(12-24(44)45)21(42)13-49-29(47)25-18(30(32,33)34)6-5-7-19(25)31(35,36)37/h5-10,14,20,26H,11-13H2,1-4H3,(H,39,46)(H,40,43)(H,44,45)/t20-,26-/m0/s1. The highest BCUT2D eigenvalue weighted by molar-refractivity contribution is 5.98. The van der Waals surface area contributed by atoms with E-state index in [0.717, 1.165) is 0 Å². The number of halogens is 6. The van der Waals surface area contributed by atoms with Gasteiger partial charge in [-0.3, -0.25) is 19.2 Å². The normalized spacial score (nSPS) is 12.9. The highest BCUT2D eigenvalue weighted by Crippen LogP contribution is 2.39. The number of aryl methyl sites for hydroxylation is 1. The molecule has 0 fully saturated rings. The number of ketones is 1. The zero-order valence-electron chi connectivity index (χ0n) is 26.7. The molecule has 3 rings (SSSR count). The number of carbonyl (C=O) groups excluding carboxylic acids is 4. The molecule has 19 heteroatoms. The van der Waals surface area contributed by atoms with Crippen LogP contribution in [0.4, 0.5) is 26.3 Å². The minimum atomic E-state index is -5.42. The van der Waals surface area contributed by atoms with Gasteiger partial charge in [0.05, 0.1) is 36.6 Å². The molecule has 0 spiro atoms. The monoisotopic (exact) mass is 716 g/mol. The van der Waals surface area contributed by atoms with Crippen LogP contribution in [0.2, 0.25) is 0 Å². The summed E-state index contributed by atoms with van der Waals surface area (Å²) in [5.41, 5.74) is -5.06. The molecular formula is C31H30F6N4O9. The number of ether oxygens (including phenoxy) is 2. The summed E-state index contributed by atoms with van der Waals surface area (Å²) in [6.07, 6.45) is -12.3. The number of hydrogen-bond donors (Lipinski definition) is 3. The van der Waals surface area contributed by atoms with Gasteiger partial charge in [0, 0.05) is 11.1 Å². The van der Waals surface area contributed by atoms with Gasteiger partial charge in [-0.25, -0.2) is 4.79 Å². The Bertz CT molecular complexity index is 1720. The van der Waals surface area contributed by atoms with E-state index in [4.69, 9.17) is 9.26 Å². The fourth-order valence-corrected chi connectivity index (χ4v) is 4.63. The van der Waals surface area contributed by atoms with Gasteiger partial charge in [0.2, 0.25) is 11.8 Å². The molecule has 1 aromatic heterocycles. The van der Waals surface area contributed by atoms with Gasteiger partial charge in [-0.2, -0.15) is 31.3 Å². The van der Waals surface area contributed by atoms with Crippen molar-refractivity contribution in [2.45, 2.75) is 58.0 Å². The third kappa shape index (κ3) is 10.0. The molecule has 0 unspecified atom stereocenters. The number of benzene rings is 2. The van der Waals surface area contributed by atoms with Gasteiger partial charge >= 0.3 is 24.3 Å². The number of Topliss-reactive ketones (excluding diaryl/α,β-unsaturated/α-hetero) is 1. The molecule has 0 saturated carbocycles. The van der Waals surface area contributed by atoms with Crippen molar-refractivity contribution in [2.75, 3.05) is 13.7 Å². The second-order valence-electron chi connectivity index (χ2n) is 11.1. The first kappa shape index (κ1) is 39.0. The first-order valence-electron chi connectivity index (χ1n) is 14.5. The van der Waals surface area contributed by atoms with Gasteiger partial charge in [0.15, 0.2) is 18.2 Å². The fraction of sp³-hybridized carbons (Fsp3) is 0.387. The van der Waals surface area contributed by atoms with E-state index in [1.54, 1.807) is 25.1 Å². The molecule has 2 amide bonds. The second kappa shape index (κ2) is 15.8. The number of carboxylic acids is 1. The predicted molar refractivity (Wildman–Crippen MR) is 157 cm³/mol. The Morgan fingerprint density at radius 2 is 1.58 bits per heavy atom. The van der Waals surface area contributed by atoms with Crippen LogP contribution in [-0.4, -0.2) is 70.6 Å². The van der Waals surface area contributed by atoms with Crippen LogP contribution in [0.3, 0.4) is 0 Å². The Morgan fingerprint density at radius 3 is 2.08 bits per heavy atom. The zero-order valence-corrected chi connectivity index (χ0v) is 26.7. The Hall–Kier alpha value is -5.49. The van der Waals surface area contributed by atoms with Crippen LogP contribution in [0.5, 0.6) is 5.75 Å². The number of amides is 2. The van der Waals surface area contributed by atoms with Crippen LogP contribution in [0.25, 0.3) is 11.5 Å². The molecule has 0 saturated heterocycles. The molecule has 270 valence electrons. The first-order chi connectivity index (χ1) is 23.2. The zero-order chi connectivity index (χ0) is 37.6. The third-order valence-electron chi connectivity index (χ3n) is 6.98. The van der Waals surface area contributed by atoms with Gasteiger partial charge in [-0.1, -0.05) is 25.1 Å². The Morgan fingerprint density at radius 1 is 0.960 bits per heavy atom. The number of esters is 1. The van der Waals surface area contributed by atoms with Crippen LogP contribution in [0, 0.1) is 12.8 Å². The molecule has 50 heavy (non-hydrogen) atoms. The summed E-state index contributed by atoms with van der Waals surface area (Å²) in [5.74, 6) is -6.81. The maximum absolute atomic E-state index is 13.5. The molecule has 0 radical (unpaired) electrons. The lowest BCUT2D eigenvalue weighted by molar-refractivity contribution is -0.144. The minimum Gasteiger partial charge on any atom is -0.496 e. The van der Waals surface area contributed by atoms with E-state index >= 15 is 0 Å². The number of aliphatic carboxylic acids is 1. The summed E-state index contributed by atoms with van der Waals surface area (Å²) in [7, 11) is 1.36. The van der Waals surface area contributed by atoms with E-state index in [1.807, 2.05) is 0 Å². The predicted octanol–water partition coefficient (Wildman–Crippen LogP) is 4.16. The lowest BCUT2D eigenvalue weighted by Gasteiger charge is -2.25. The molecule has 13 nitrogen and oxygen atoms in total. The Balaban J connectivity index is 1.77. The summed E-state index contributed by atoms with van der Waals surface area (Å²) in [6.45, 7) is 3.12. The summed E-state index contributed by atoms with van der Waals surface area (Å²) in [5, 5.41) is 17.6. The number of nitrogens with one attached hydrogen (secondary N) is 2. The molecule has 2 atom stereocenters. The average molecular weight is 717 g/mol. The van der Waals surface area contributed by atoms with Gasteiger partial charge in [-0.15, -0.1) is 0 Å². The maximum Gasteiger partial charge on any atom is 0.417 e. The van der Waals surface area contributed by atoms with Crippen molar-refractivity contribution >= 4 is 29.5 Å². The summed E-state index contributed by atoms with van der Waals surface area (Å²) in [6, 6.07) is 2.20. The van der Waals surface area contributed by atoms with Crippen LogP contribution >= 0.6 is 0 Å². The average Bonchev–Trinajstić information content (AvgIpc) is 3.46. The summed E-state index contributed by atoms with van der Waals surface area (Å²) < 4.78 is 95.8. The lowest BCUT2D eigenvalue weighted by Crippen LogP contribution is -2.54. The highest BCUT2D eigenvalue weighted by Gasteiger charge is 2.43. The van der Waals surface area contributed by atoms with Crippen molar-refractivity contribution in [2.24, 2.45) is 5.92 Å². The highest BCUT2D eigenvalue weighted by atomic mass is 19.4. The van der Waals surface area contributed by atoms with Crippen molar-refractivity contribution < 1.29 is 69.4 Å². The number of alkyl halides is 6. The van der Waals surface area contributed by atoms with E-state index in [-0.39, 0.29) is 24.4 Å². The fourth-order valence-electron chi connectivity index (χ4n) is 4.63. The number of hydrogen-bond acceptors (Lipinski definition) is 10. The van der Waals surface area contributed by atoms with Crippen molar-refractivity contribution in [1.29, 1.82) is 0 Å². The molecule has 0 aliphatic carbocycles. The van der Waals surface area contributed by atoms with Crippen LogP contribution in [0.15, 0.2) is 40.9 Å². The second-order valence-corrected chi connectivity index (χ2v) is 11.1. The molecule has 0 aliphatic heterocycles. The molecule has 0 bridgehead atoms. The smallest absolute Gasteiger partial charge is 0.417 e. The minimum absolute atomic E-state index is 0.163. The Labute approximate surface area is 279 Å². The van der Waals surface area contributed by atoms with Crippen LogP contribution in [0.1, 0.15) is 53.1 Å². The van der Waals surface area contributed by atoms with Crippen molar-refractivity contribution in [3.63, 3.8) is 0 Å². The number of carbonyl (C=O) groups is 5. The largest absolute Gasteiger partial charge is 0.496 e. The molecule has 1 heterocycles. The van der Waals surface area contributed by atoms with E-state index in [2.05, 4.69) is 25.5 Å². The molecular weight excluding hydrogens is 686 g/mol. The van der Waals surface area contributed by atoms with Crippen molar-refractivity contribution in [3.05, 3.63) is 64.5 Å². The first-order valence-corrected chi connectivity index (χ1v) is 14.5. The summed E-state index contributed by atoms with van der Waals surface area (Å²) >= 11 is 0. The van der Waals surface area contributed by atoms with Crippen LogP contribution in [-0.2, 0) is 42.7 Å². The molecule has 3 aromatic rings. The molecule has 3 N–H and O–H groups in total. The molecule has 0 aliphatic rings. The number of aromatic nitrogens is 2. The van der Waals surface area contributed by atoms with Crippen molar-refractivity contribution in [3.8, 4) is 17.2 Å². The number of carboxylic acid groups (broad SMARTS) is 1. The summed E-state index contributed by atoms with van der Waals surface area (Å²) in [4.78, 5) is 67.3. The van der Waals surface area contributed by atoms with Gasteiger partial charge in [0.25, 0.3) is 5.89 Å². The number of nitrogens with zero attached hydrogens (tertiary/aromatic N) is 2. The van der Waals surface area contributed by atoms with E-state index in [9.17, 15) is 55.4 Å².